The Morgan fingerprint density at radius 2 is 2.06 bits per heavy atom. The van der Waals surface area contributed by atoms with E-state index in [9.17, 15) is 4.79 Å². The van der Waals surface area contributed by atoms with Crippen LogP contribution in [0.2, 0.25) is 0 Å². The molecule has 1 atom stereocenters. The van der Waals surface area contributed by atoms with Crippen molar-refractivity contribution in [2.24, 2.45) is 5.73 Å². The molecular formula is C12H27N3O. The van der Waals surface area contributed by atoms with E-state index in [1.807, 2.05) is 18.9 Å². The number of carbonyl (C=O) groups excluding carboxylic acids is 1. The zero-order valence-electron chi connectivity index (χ0n) is 11.0. The van der Waals surface area contributed by atoms with Gasteiger partial charge in [-0.15, -0.1) is 0 Å². The molecule has 0 aromatic rings. The Balaban J connectivity index is 3.70. The van der Waals surface area contributed by atoms with Crippen LogP contribution in [0.4, 0.5) is 0 Å². The predicted molar refractivity (Wildman–Crippen MR) is 68.3 cm³/mol. The number of rotatable bonds is 9. The topological polar surface area (TPSA) is 58.4 Å². The van der Waals surface area contributed by atoms with E-state index in [1.54, 1.807) is 0 Å². The van der Waals surface area contributed by atoms with E-state index in [-0.39, 0.29) is 11.9 Å². The van der Waals surface area contributed by atoms with Gasteiger partial charge in [-0.25, -0.2) is 0 Å². The maximum absolute atomic E-state index is 11.7. The van der Waals surface area contributed by atoms with Gasteiger partial charge in [0.25, 0.3) is 0 Å². The predicted octanol–water partition coefficient (Wildman–Crippen LogP) is 0.962. The van der Waals surface area contributed by atoms with Crippen LogP contribution in [-0.4, -0.2) is 43.5 Å². The number of hydrogen-bond donors (Lipinski definition) is 2. The van der Waals surface area contributed by atoms with Gasteiger partial charge in [0.05, 0.1) is 6.04 Å². The first kappa shape index (κ1) is 15.4. The van der Waals surface area contributed by atoms with Crippen molar-refractivity contribution < 1.29 is 4.79 Å². The van der Waals surface area contributed by atoms with Gasteiger partial charge in [-0.2, -0.15) is 0 Å². The average Bonchev–Trinajstić information content (AvgIpc) is 2.30. The summed E-state index contributed by atoms with van der Waals surface area (Å²) in [6.45, 7) is 6.44. The summed E-state index contributed by atoms with van der Waals surface area (Å²) in [7, 11) is 1.96. The fourth-order valence-electron chi connectivity index (χ4n) is 1.47. The van der Waals surface area contributed by atoms with E-state index in [4.69, 9.17) is 5.73 Å². The molecule has 0 aromatic heterocycles. The Morgan fingerprint density at radius 1 is 1.38 bits per heavy atom. The van der Waals surface area contributed by atoms with Crippen molar-refractivity contribution >= 4 is 5.91 Å². The van der Waals surface area contributed by atoms with Crippen LogP contribution in [-0.2, 0) is 4.79 Å². The van der Waals surface area contributed by atoms with Gasteiger partial charge >= 0.3 is 0 Å². The summed E-state index contributed by atoms with van der Waals surface area (Å²) in [6, 6.07) is -0.0619. The lowest BCUT2D eigenvalue weighted by Gasteiger charge is -2.23. The van der Waals surface area contributed by atoms with Gasteiger partial charge in [0.2, 0.25) is 5.91 Å². The van der Waals surface area contributed by atoms with E-state index in [1.165, 1.54) is 12.8 Å². The maximum atomic E-state index is 11.7. The maximum Gasteiger partial charge on any atom is 0.237 e. The fraction of sp³-hybridized carbons (Fsp3) is 0.917. The average molecular weight is 229 g/mol. The molecule has 4 heteroatoms. The summed E-state index contributed by atoms with van der Waals surface area (Å²) >= 11 is 0. The summed E-state index contributed by atoms with van der Waals surface area (Å²) in [5.74, 6) is 0.121. The lowest BCUT2D eigenvalue weighted by Crippen LogP contribution is -2.44. The highest BCUT2D eigenvalue weighted by Crippen LogP contribution is 1.97. The van der Waals surface area contributed by atoms with Gasteiger partial charge in [0.1, 0.15) is 0 Å². The minimum atomic E-state index is -0.0619. The number of amides is 1. The van der Waals surface area contributed by atoms with Gasteiger partial charge in [0, 0.05) is 6.54 Å². The molecule has 0 saturated carbocycles. The van der Waals surface area contributed by atoms with Crippen molar-refractivity contribution in [3.8, 4) is 0 Å². The van der Waals surface area contributed by atoms with Crippen molar-refractivity contribution in [1.29, 1.82) is 0 Å². The Bertz CT molecular complexity index is 185. The molecule has 0 aliphatic rings. The van der Waals surface area contributed by atoms with Crippen molar-refractivity contribution in [1.82, 2.24) is 10.2 Å². The van der Waals surface area contributed by atoms with Crippen LogP contribution in [0.15, 0.2) is 0 Å². The largest absolute Gasteiger partial charge is 0.355 e. The smallest absolute Gasteiger partial charge is 0.237 e. The zero-order chi connectivity index (χ0) is 12.4. The van der Waals surface area contributed by atoms with Gasteiger partial charge in [0.15, 0.2) is 0 Å². The number of hydrogen-bond acceptors (Lipinski definition) is 3. The summed E-state index contributed by atoms with van der Waals surface area (Å²) in [6.07, 6.45) is 4.37. The molecule has 0 aromatic carbocycles. The van der Waals surface area contributed by atoms with E-state index in [2.05, 4.69) is 12.2 Å². The Kier molecular flexibility index (Phi) is 9.24. The molecule has 0 bridgehead atoms. The molecule has 1 unspecified atom stereocenters. The summed E-state index contributed by atoms with van der Waals surface area (Å²) in [4.78, 5) is 13.8. The lowest BCUT2D eigenvalue weighted by molar-refractivity contribution is -0.125. The zero-order valence-corrected chi connectivity index (χ0v) is 11.0. The van der Waals surface area contributed by atoms with Crippen molar-refractivity contribution in [3.63, 3.8) is 0 Å². The van der Waals surface area contributed by atoms with Gasteiger partial charge in [-0.1, -0.05) is 19.8 Å². The standard InChI is InChI=1S/C12H27N3O/c1-4-5-6-9-14-12(16)11(2)15(3)10-7-8-13/h11H,4-10,13H2,1-3H3,(H,14,16). The van der Waals surface area contributed by atoms with Crippen LogP contribution in [0, 0.1) is 0 Å². The van der Waals surface area contributed by atoms with Gasteiger partial charge in [-0.05, 0) is 39.9 Å². The minimum Gasteiger partial charge on any atom is -0.355 e. The fourth-order valence-corrected chi connectivity index (χ4v) is 1.47. The third kappa shape index (κ3) is 6.80. The lowest BCUT2D eigenvalue weighted by atomic mass is 10.2. The Labute approximate surface area is 99.6 Å². The molecule has 0 spiro atoms. The van der Waals surface area contributed by atoms with Crippen LogP contribution in [0.25, 0.3) is 0 Å². The molecule has 0 heterocycles. The van der Waals surface area contributed by atoms with Crippen LogP contribution in [0.3, 0.4) is 0 Å². The molecule has 96 valence electrons. The molecule has 0 radical (unpaired) electrons. The monoisotopic (exact) mass is 229 g/mol. The van der Waals surface area contributed by atoms with Crippen LogP contribution in [0.5, 0.6) is 0 Å². The highest BCUT2D eigenvalue weighted by atomic mass is 16.2. The van der Waals surface area contributed by atoms with Crippen LogP contribution < -0.4 is 11.1 Å². The quantitative estimate of drug-likeness (QED) is 0.579. The molecule has 1 amide bonds. The van der Waals surface area contributed by atoms with Crippen LogP contribution >= 0.6 is 0 Å². The molecule has 0 aliphatic carbocycles. The summed E-state index contributed by atoms with van der Waals surface area (Å²) in [5, 5.41) is 2.96. The SMILES string of the molecule is CCCCCNC(=O)C(C)N(C)CCCN. The van der Waals surface area contributed by atoms with Crippen molar-refractivity contribution in [3.05, 3.63) is 0 Å². The Morgan fingerprint density at radius 3 is 2.62 bits per heavy atom. The number of nitrogens with zero attached hydrogens (tertiary/aromatic N) is 1. The molecule has 3 N–H and O–H groups in total. The molecule has 0 fully saturated rings. The highest BCUT2D eigenvalue weighted by molar-refractivity contribution is 5.81. The second kappa shape index (κ2) is 9.60. The van der Waals surface area contributed by atoms with E-state index in [0.717, 1.165) is 25.9 Å². The van der Waals surface area contributed by atoms with E-state index < -0.39 is 0 Å². The number of likely N-dealkylation sites (N-methyl/N-ethyl adjacent to an activating group) is 1. The number of unbranched alkanes of at least 4 members (excludes halogenated alkanes) is 2. The third-order valence-electron chi connectivity index (χ3n) is 2.84. The van der Waals surface area contributed by atoms with E-state index >= 15 is 0 Å². The van der Waals surface area contributed by atoms with Crippen molar-refractivity contribution in [2.75, 3.05) is 26.7 Å². The first-order chi connectivity index (χ1) is 7.63. The number of nitrogens with two attached hydrogens (primary N) is 1. The summed E-state index contributed by atoms with van der Waals surface area (Å²) < 4.78 is 0. The highest BCUT2D eigenvalue weighted by Gasteiger charge is 2.16. The van der Waals surface area contributed by atoms with E-state index in [0.29, 0.717) is 6.54 Å². The third-order valence-corrected chi connectivity index (χ3v) is 2.84. The second-order valence-electron chi connectivity index (χ2n) is 4.30. The van der Waals surface area contributed by atoms with Crippen molar-refractivity contribution in [2.45, 2.75) is 45.6 Å². The van der Waals surface area contributed by atoms with Gasteiger partial charge < -0.3 is 11.1 Å². The molecule has 0 saturated heterocycles. The van der Waals surface area contributed by atoms with Gasteiger partial charge in [-0.3, -0.25) is 9.69 Å². The molecule has 0 aliphatic heterocycles. The molecular weight excluding hydrogens is 202 g/mol. The minimum absolute atomic E-state index is 0.0619. The molecule has 0 rings (SSSR count). The Hall–Kier alpha value is -0.610. The first-order valence-corrected chi connectivity index (χ1v) is 6.31. The summed E-state index contributed by atoms with van der Waals surface area (Å²) in [5.41, 5.74) is 5.44. The first-order valence-electron chi connectivity index (χ1n) is 6.31. The number of nitrogens with one attached hydrogen (secondary N) is 1. The molecule has 16 heavy (non-hydrogen) atoms. The second-order valence-corrected chi connectivity index (χ2v) is 4.30. The molecule has 4 nitrogen and oxygen atoms in total. The number of carbonyl (C=O) groups is 1. The van der Waals surface area contributed by atoms with Crippen LogP contribution in [0.1, 0.15) is 39.5 Å². The normalized spacial score (nSPS) is 12.8.